The molecule has 7 heteroatoms. The minimum absolute atomic E-state index is 0.310. The molecule has 6 nitrogen and oxygen atoms in total. The number of nitrogens with one attached hydrogen (secondary N) is 1. The summed E-state index contributed by atoms with van der Waals surface area (Å²) in [6, 6.07) is 21.9. The fourth-order valence-corrected chi connectivity index (χ4v) is 4.49. The second-order valence-electron chi connectivity index (χ2n) is 7.71. The van der Waals surface area contributed by atoms with Crippen LogP contribution in [0.2, 0.25) is 0 Å². The predicted molar refractivity (Wildman–Crippen MR) is 118 cm³/mol. The highest BCUT2D eigenvalue weighted by molar-refractivity contribution is 5.85. The van der Waals surface area contributed by atoms with Crippen molar-refractivity contribution in [2.45, 2.75) is 12.1 Å². The summed E-state index contributed by atoms with van der Waals surface area (Å²) in [7, 11) is 1.64. The normalized spacial score (nSPS) is 18.7. The standard InChI is InChI=1S/C25H19FN4O2/c1-31-18-9-5-6-15(13-18)23-21-22(29-25-27-14-28-30(23)25)19-10-2-3-11-20(19)32-24(21)16-7-4-8-17(26)12-16/h2-14,23-24H,1H3,(H,27,28,29). The first-order chi connectivity index (χ1) is 15.7. The van der Waals surface area contributed by atoms with E-state index in [4.69, 9.17) is 9.47 Å². The summed E-state index contributed by atoms with van der Waals surface area (Å²) in [5, 5.41) is 7.94. The Hall–Kier alpha value is -4.13. The van der Waals surface area contributed by atoms with Gasteiger partial charge in [0.2, 0.25) is 5.95 Å². The van der Waals surface area contributed by atoms with Gasteiger partial charge < -0.3 is 14.8 Å². The molecule has 2 aliphatic rings. The average Bonchev–Trinajstić information content (AvgIpc) is 3.30. The molecule has 0 radical (unpaired) electrons. The number of benzene rings is 3. The third-order valence-corrected chi connectivity index (χ3v) is 5.88. The lowest BCUT2D eigenvalue weighted by Gasteiger charge is -2.39. The molecule has 3 aromatic carbocycles. The van der Waals surface area contributed by atoms with Crippen molar-refractivity contribution < 1.29 is 13.9 Å². The van der Waals surface area contributed by atoms with Crippen molar-refractivity contribution in [3.63, 3.8) is 0 Å². The molecule has 1 N–H and O–H groups in total. The number of para-hydroxylation sites is 1. The van der Waals surface area contributed by atoms with Gasteiger partial charge in [-0.1, -0.05) is 36.4 Å². The van der Waals surface area contributed by atoms with E-state index in [1.165, 1.54) is 18.5 Å². The lowest BCUT2D eigenvalue weighted by atomic mass is 9.84. The van der Waals surface area contributed by atoms with Crippen molar-refractivity contribution in [2.75, 3.05) is 12.4 Å². The molecule has 2 aliphatic heterocycles. The van der Waals surface area contributed by atoms with Crippen LogP contribution in [0, 0.1) is 5.82 Å². The highest BCUT2D eigenvalue weighted by Gasteiger charge is 2.41. The van der Waals surface area contributed by atoms with Crippen LogP contribution in [-0.2, 0) is 0 Å². The van der Waals surface area contributed by atoms with Crippen LogP contribution in [-0.4, -0.2) is 21.9 Å². The van der Waals surface area contributed by atoms with Gasteiger partial charge in [0, 0.05) is 11.1 Å². The highest BCUT2D eigenvalue weighted by Crippen LogP contribution is 2.50. The van der Waals surface area contributed by atoms with E-state index in [9.17, 15) is 4.39 Å². The third-order valence-electron chi connectivity index (χ3n) is 5.88. The maximum absolute atomic E-state index is 14.2. The molecule has 3 heterocycles. The number of hydrogen-bond donors (Lipinski definition) is 1. The predicted octanol–water partition coefficient (Wildman–Crippen LogP) is 4.99. The summed E-state index contributed by atoms with van der Waals surface area (Å²) < 4.78 is 28.0. The SMILES string of the molecule is COc1cccc(C2C3=C(Nc4ncnn42)c2ccccc2OC3c2cccc(F)c2)c1. The molecule has 2 unspecified atom stereocenters. The van der Waals surface area contributed by atoms with E-state index >= 15 is 0 Å². The molecule has 0 amide bonds. The molecule has 158 valence electrons. The molecule has 32 heavy (non-hydrogen) atoms. The van der Waals surface area contributed by atoms with E-state index < -0.39 is 6.10 Å². The molecule has 0 saturated heterocycles. The van der Waals surface area contributed by atoms with Crippen LogP contribution in [0.4, 0.5) is 10.3 Å². The van der Waals surface area contributed by atoms with Gasteiger partial charge in [-0.25, -0.2) is 9.07 Å². The average molecular weight is 426 g/mol. The largest absolute Gasteiger partial charge is 0.497 e. The second kappa shape index (κ2) is 7.23. The van der Waals surface area contributed by atoms with Crippen molar-refractivity contribution in [3.8, 4) is 11.5 Å². The van der Waals surface area contributed by atoms with E-state index in [0.717, 1.165) is 39.5 Å². The minimum atomic E-state index is -0.517. The van der Waals surface area contributed by atoms with E-state index in [1.54, 1.807) is 13.2 Å². The highest BCUT2D eigenvalue weighted by atomic mass is 19.1. The Kier molecular flexibility index (Phi) is 4.21. The maximum Gasteiger partial charge on any atom is 0.226 e. The lowest BCUT2D eigenvalue weighted by Crippen LogP contribution is -2.32. The molecular formula is C25H19FN4O2. The number of fused-ring (bicyclic) bond motifs is 3. The van der Waals surface area contributed by atoms with Gasteiger partial charge in [-0.2, -0.15) is 10.1 Å². The summed E-state index contributed by atoms with van der Waals surface area (Å²) in [5.74, 6) is 1.79. The fourth-order valence-electron chi connectivity index (χ4n) is 4.49. The molecule has 0 bridgehead atoms. The Bertz CT molecular complexity index is 1360. The van der Waals surface area contributed by atoms with Crippen LogP contribution in [0.5, 0.6) is 11.5 Å². The van der Waals surface area contributed by atoms with Crippen LogP contribution in [0.15, 0.2) is 84.7 Å². The van der Waals surface area contributed by atoms with Crippen LogP contribution >= 0.6 is 0 Å². The van der Waals surface area contributed by atoms with Gasteiger partial charge in [-0.3, -0.25) is 0 Å². The van der Waals surface area contributed by atoms with Gasteiger partial charge in [0.25, 0.3) is 0 Å². The molecule has 0 saturated carbocycles. The van der Waals surface area contributed by atoms with E-state index in [0.29, 0.717) is 5.95 Å². The summed E-state index contributed by atoms with van der Waals surface area (Å²) in [6.45, 7) is 0. The Balaban J connectivity index is 1.63. The molecule has 0 aliphatic carbocycles. The van der Waals surface area contributed by atoms with Crippen molar-refractivity contribution in [1.82, 2.24) is 14.8 Å². The Labute approximate surface area is 183 Å². The monoisotopic (exact) mass is 426 g/mol. The summed E-state index contributed by atoms with van der Waals surface area (Å²) in [4.78, 5) is 4.43. The van der Waals surface area contributed by atoms with E-state index in [1.807, 2.05) is 59.3 Å². The van der Waals surface area contributed by atoms with Crippen molar-refractivity contribution in [3.05, 3.63) is 107 Å². The van der Waals surface area contributed by atoms with Gasteiger partial charge in [0.15, 0.2) is 0 Å². The first-order valence-corrected chi connectivity index (χ1v) is 10.3. The number of rotatable bonds is 3. The van der Waals surface area contributed by atoms with Crippen LogP contribution in [0.3, 0.4) is 0 Å². The first-order valence-electron chi connectivity index (χ1n) is 10.3. The van der Waals surface area contributed by atoms with Crippen molar-refractivity contribution in [2.24, 2.45) is 0 Å². The fraction of sp³-hybridized carbons (Fsp3) is 0.120. The van der Waals surface area contributed by atoms with Crippen LogP contribution in [0.25, 0.3) is 5.70 Å². The van der Waals surface area contributed by atoms with Crippen molar-refractivity contribution >= 4 is 11.6 Å². The number of methoxy groups -OCH3 is 1. The first kappa shape index (κ1) is 18.6. The lowest BCUT2D eigenvalue weighted by molar-refractivity contribution is 0.222. The Morgan fingerprint density at radius 3 is 2.72 bits per heavy atom. The minimum Gasteiger partial charge on any atom is -0.497 e. The number of halogens is 1. The molecule has 4 aromatic rings. The Morgan fingerprint density at radius 1 is 1.00 bits per heavy atom. The molecule has 0 fully saturated rings. The summed E-state index contributed by atoms with van der Waals surface area (Å²) >= 11 is 0. The van der Waals surface area contributed by atoms with E-state index in [-0.39, 0.29) is 11.9 Å². The van der Waals surface area contributed by atoms with Crippen LogP contribution < -0.4 is 14.8 Å². The second-order valence-corrected chi connectivity index (χ2v) is 7.71. The summed E-state index contributed by atoms with van der Waals surface area (Å²) in [5.41, 5.74) is 4.45. The number of ether oxygens (including phenoxy) is 2. The number of hydrogen-bond acceptors (Lipinski definition) is 5. The third kappa shape index (κ3) is 2.85. The zero-order valence-electron chi connectivity index (χ0n) is 17.2. The van der Waals surface area contributed by atoms with Crippen molar-refractivity contribution in [1.29, 1.82) is 0 Å². The van der Waals surface area contributed by atoms with Gasteiger partial charge in [-0.15, -0.1) is 0 Å². The summed E-state index contributed by atoms with van der Waals surface area (Å²) in [6.07, 6.45) is 1.01. The van der Waals surface area contributed by atoms with E-state index in [2.05, 4.69) is 15.4 Å². The zero-order chi connectivity index (χ0) is 21.7. The van der Waals surface area contributed by atoms with Crippen LogP contribution in [0.1, 0.15) is 28.8 Å². The molecule has 0 spiro atoms. The maximum atomic E-state index is 14.2. The topological polar surface area (TPSA) is 61.2 Å². The smallest absolute Gasteiger partial charge is 0.226 e. The number of nitrogens with zero attached hydrogens (tertiary/aromatic N) is 3. The zero-order valence-corrected chi connectivity index (χ0v) is 17.2. The quantitative estimate of drug-likeness (QED) is 0.500. The number of anilines is 1. The molecule has 6 rings (SSSR count). The molecular weight excluding hydrogens is 407 g/mol. The number of aromatic nitrogens is 3. The van der Waals surface area contributed by atoms with Gasteiger partial charge in [0.1, 0.15) is 35.8 Å². The molecule has 1 aromatic heterocycles. The molecule has 2 atom stereocenters. The van der Waals surface area contributed by atoms with Gasteiger partial charge in [-0.05, 0) is 47.5 Å². The van der Waals surface area contributed by atoms with Gasteiger partial charge >= 0.3 is 0 Å². The van der Waals surface area contributed by atoms with Gasteiger partial charge in [0.05, 0.1) is 12.8 Å². The Morgan fingerprint density at radius 2 is 1.84 bits per heavy atom.